The van der Waals surface area contributed by atoms with Crippen LogP contribution in [0.2, 0.25) is 5.02 Å². The molecule has 0 saturated carbocycles. The molecule has 0 radical (unpaired) electrons. The Balaban J connectivity index is 1.49. The van der Waals surface area contributed by atoms with E-state index in [1.165, 1.54) is 25.3 Å². The van der Waals surface area contributed by atoms with Crippen molar-refractivity contribution in [1.29, 1.82) is 0 Å². The number of thioether (sulfide) groups is 1. The van der Waals surface area contributed by atoms with Crippen LogP contribution < -0.4 is 9.47 Å². The summed E-state index contributed by atoms with van der Waals surface area (Å²) in [5, 5.41) is -0.275. The fourth-order valence-electron chi connectivity index (χ4n) is 3.55. The molecular formula is C24H22ClFN2O6S. The second-order valence-electron chi connectivity index (χ2n) is 7.66. The molecule has 0 aromatic heterocycles. The Bertz CT molecular complexity index is 1160. The van der Waals surface area contributed by atoms with E-state index in [1.54, 1.807) is 29.2 Å². The van der Waals surface area contributed by atoms with Gasteiger partial charge in [-0.25, -0.2) is 4.39 Å². The van der Waals surface area contributed by atoms with Crippen molar-refractivity contribution in [3.05, 3.63) is 63.3 Å². The van der Waals surface area contributed by atoms with Gasteiger partial charge in [0.15, 0.2) is 11.5 Å². The Morgan fingerprint density at radius 1 is 1.20 bits per heavy atom. The molecule has 2 aromatic carbocycles. The Morgan fingerprint density at radius 2 is 1.97 bits per heavy atom. The predicted molar refractivity (Wildman–Crippen MR) is 129 cm³/mol. The van der Waals surface area contributed by atoms with Gasteiger partial charge in [0.2, 0.25) is 5.91 Å². The first-order valence-corrected chi connectivity index (χ1v) is 11.9. The first-order chi connectivity index (χ1) is 16.9. The summed E-state index contributed by atoms with van der Waals surface area (Å²) in [5.74, 6) is -0.629. The topological polar surface area (TPSA) is 85.4 Å². The van der Waals surface area contributed by atoms with Crippen LogP contribution in [0.5, 0.6) is 11.5 Å². The molecule has 0 bridgehead atoms. The fraction of sp³-hybridized carbons (Fsp3) is 0.292. The predicted octanol–water partition coefficient (Wildman–Crippen LogP) is 3.96. The Labute approximate surface area is 210 Å². The van der Waals surface area contributed by atoms with E-state index in [0.29, 0.717) is 43.4 Å². The zero-order valence-electron chi connectivity index (χ0n) is 18.8. The minimum atomic E-state index is -0.543. The minimum absolute atomic E-state index is 0.133. The standard InChI is InChI=1S/C24H22ClFN2O6S/c1-32-19-6-5-15(11-20(19)34-14-16-17(25)3-2-4-18(16)26)12-21-23(30)28(24(31)35-21)13-22(29)27-7-9-33-10-8-27/h2-6,11-12H,7-10,13-14H2,1H3/b21-12-. The van der Waals surface area contributed by atoms with Crippen LogP contribution in [0.4, 0.5) is 9.18 Å². The van der Waals surface area contributed by atoms with Gasteiger partial charge in [-0.3, -0.25) is 19.3 Å². The Kier molecular flexibility index (Phi) is 7.94. The molecule has 2 aromatic rings. The molecule has 8 nitrogen and oxygen atoms in total. The lowest BCUT2D eigenvalue weighted by Crippen LogP contribution is -2.46. The number of imide groups is 1. The average molecular weight is 521 g/mol. The van der Waals surface area contributed by atoms with Gasteiger partial charge in [-0.2, -0.15) is 0 Å². The first-order valence-electron chi connectivity index (χ1n) is 10.7. The van der Waals surface area contributed by atoms with Crippen molar-refractivity contribution in [2.75, 3.05) is 40.0 Å². The van der Waals surface area contributed by atoms with E-state index in [-0.39, 0.29) is 34.6 Å². The van der Waals surface area contributed by atoms with E-state index >= 15 is 0 Å². The molecule has 184 valence electrons. The Hall–Kier alpha value is -3.08. The van der Waals surface area contributed by atoms with Gasteiger partial charge in [-0.1, -0.05) is 23.7 Å². The van der Waals surface area contributed by atoms with Gasteiger partial charge in [0.05, 0.1) is 30.3 Å². The number of carbonyl (C=O) groups excluding carboxylic acids is 3. The highest BCUT2D eigenvalue weighted by atomic mass is 35.5. The van der Waals surface area contributed by atoms with Crippen LogP contribution >= 0.6 is 23.4 Å². The minimum Gasteiger partial charge on any atom is -0.493 e. The molecule has 0 aliphatic carbocycles. The maximum absolute atomic E-state index is 14.1. The number of nitrogens with zero attached hydrogens (tertiary/aromatic N) is 2. The lowest BCUT2D eigenvalue weighted by molar-refractivity contribution is -0.139. The third kappa shape index (κ3) is 5.77. The zero-order valence-corrected chi connectivity index (χ0v) is 20.4. The summed E-state index contributed by atoms with van der Waals surface area (Å²) in [4.78, 5) is 40.5. The number of ether oxygens (including phenoxy) is 3. The largest absolute Gasteiger partial charge is 0.493 e. The van der Waals surface area contributed by atoms with Gasteiger partial charge in [0, 0.05) is 18.7 Å². The molecule has 35 heavy (non-hydrogen) atoms. The second-order valence-corrected chi connectivity index (χ2v) is 9.06. The zero-order chi connectivity index (χ0) is 24.9. The lowest BCUT2D eigenvalue weighted by atomic mass is 10.1. The lowest BCUT2D eigenvalue weighted by Gasteiger charge is -2.28. The average Bonchev–Trinajstić information content (AvgIpc) is 3.11. The van der Waals surface area contributed by atoms with Gasteiger partial charge >= 0.3 is 0 Å². The normalized spacial score (nSPS) is 17.3. The third-order valence-corrected chi connectivity index (χ3v) is 6.71. The Morgan fingerprint density at radius 3 is 2.69 bits per heavy atom. The molecule has 11 heteroatoms. The molecule has 0 spiro atoms. The van der Waals surface area contributed by atoms with Crippen molar-refractivity contribution in [2.24, 2.45) is 0 Å². The van der Waals surface area contributed by atoms with Gasteiger partial charge in [0.25, 0.3) is 11.1 Å². The SMILES string of the molecule is COc1ccc(/C=C2\SC(=O)N(CC(=O)N3CCOCC3)C2=O)cc1OCc1c(F)cccc1Cl. The number of carbonyl (C=O) groups is 3. The van der Waals surface area contributed by atoms with Gasteiger partial charge < -0.3 is 19.1 Å². The molecule has 0 unspecified atom stereocenters. The molecule has 4 rings (SSSR count). The van der Waals surface area contributed by atoms with E-state index in [9.17, 15) is 18.8 Å². The van der Waals surface area contributed by atoms with E-state index < -0.39 is 17.0 Å². The van der Waals surface area contributed by atoms with Crippen molar-refractivity contribution < 1.29 is 33.0 Å². The van der Waals surface area contributed by atoms with Gasteiger partial charge in [-0.15, -0.1) is 0 Å². The number of rotatable bonds is 7. The fourth-order valence-corrected chi connectivity index (χ4v) is 4.61. The third-order valence-electron chi connectivity index (χ3n) is 5.45. The van der Waals surface area contributed by atoms with E-state index in [2.05, 4.69) is 0 Å². The molecule has 2 aliphatic heterocycles. The number of amides is 3. The van der Waals surface area contributed by atoms with Crippen molar-refractivity contribution in [1.82, 2.24) is 9.80 Å². The summed E-state index contributed by atoms with van der Waals surface area (Å²) in [7, 11) is 1.47. The summed E-state index contributed by atoms with van der Waals surface area (Å²) in [5.41, 5.74) is 0.762. The summed E-state index contributed by atoms with van der Waals surface area (Å²) in [6.45, 7) is 1.26. The summed E-state index contributed by atoms with van der Waals surface area (Å²) in [6, 6.07) is 9.30. The molecule has 2 aliphatic rings. The van der Waals surface area contributed by atoms with E-state index in [1.807, 2.05) is 0 Å². The van der Waals surface area contributed by atoms with Crippen LogP contribution in [-0.2, 0) is 20.9 Å². The number of halogens is 2. The van der Waals surface area contributed by atoms with E-state index in [4.69, 9.17) is 25.8 Å². The van der Waals surface area contributed by atoms with Gasteiger partial charge in [-0.05, 0) is 47.7 Å². The molecule has 3 amide bonds. The summed E-state index contributed by atoms with van der Waals surface area (Å²) >= 11 is 6.83. The molecule has 2 fully saturated rings. The highest BCUT2D eigenvalue weighted by Crippen LogP contribution is 2.35. The molecule has 2 saturated heterocycles. The van der Waals surface area contributed by atoms with Crippen molar-refractivity contribution in [3.8, 4) is 11.5 Å². The number of methoxy groups -OCH3 is 1. The number of hydrogen-bond acceptors (Lipinski definition) is 7. The molecule has 0 atom stereocenters. The summed E-state index contributed by atoms with van der Waals surface area (Å²) in [6.07, 6.45) is 1.53. The summed E-state index contributed by atoms with van der Waals surface area (Å²) < 4.78 is 30.4. The number of morpholine rings is 1. The quantitative estimate of drug-likeness (QED) is 0.511. The number of hydrogen-bond donors (Lipinski definition) is 0. The van der Waals surface area contributed by atoms with Crippen molar-refractivity contribution in [3.63, 3.8) is 0 Å². The van der Waals surface area contributed by atoms with Crippen LogP contribution in [0.15, 0.2) is 41.3 Å². The van der Waals surface area contributed by atoms with E-state index in [0.717, 1.165) is 16.7 Å². The molecule has 2 heterocycles. The maximum Gasteiger partial charge on any atom is 0.294 e. The highest BCUT2D eigenvalue weighted by molar-refractivity contribution is 8.18. The van der Waals surface area contributed by atoms with Crippen LogP contribution in [0, 0.1) is 5.82 Å². The van der Waals surface area contributed by atoms with Crippen LogP contribution in [-0.4, -0.2) is 66.8 Å². The molecule has 0 N–H and O–H groups in total. The maximum atomic E-state index is 14.1. The highest BCUT2D eigenvalue weighted by Gasteiger charge is 2.37. The van der Waals surface area contributed by atoms with Gasteiger partial charge in [0.1, 0.15) is 19.0 Å². The van der Waals surface area contributed by atoms with Crippen LogP contribution in [0.3, 0.4) is 0 Å². The smallest absolute Gasteiger partial charge is 0.294 e. The van der Waals surface area contributed by atoms with Crippen molar-refractivity contribution >= 4 is 46.5 Å². The van der Waals surface area contributed by atoms with Crippen LogP contribution in [0.25, 0.3) is 6.08 Å². The molecular weight excluding hydrogens is 499 g/mol. The monoisotopic (exact) mass is 520 g/mol. The first kappa shape index (κ1) is 25.0. The van der Waals surface area contributed by atoms with Crippen molar-refractivity contribution in [2.45, 2.75) is 6.61 Å². The number of benzene rings is 2. The van der Waals surface area contributed by atoms with Crippen LogP contribution in [0.1, 0.15) is 11.1 Å². The second kappa shape index (κ2) is 11.1.